The Morgan fingerprint density at radius 1 is 1.24 bits per heavy atom. The van der Waals surface area contributed by atoms with Crippen molar-refractivity contribution in [1.29, 1.82) is 0 Å². The van der Waals surface area contributed by atoms with E-state index in [0.29, 0.717) is 30.8 Å². The fourth-order valence-corrected chi connectivity index (χ4v) is 7.06. The molecule has 0 aliphatic carbocycles. The van der Waals surface area contributed by atoms with Gasteiger partial charge in [0.25, 0.3) is 10.0 Å². The second-order valence-electron chi connectivity index (χ2n) is 10.2. The normalized spacial score (nSPS) is 23.3. The van der Waals surface area contributed by atoms with Crippen LogP contribution in [0.3, 0.4) is 0 Å². The number of ether oxygens (including phenoxy) is 3. The number of anilines is 1. The van der Waals surface area contributed by atoms with E-state index in [2.05, 4.69) is 16.5 Å². The lowest BCUT2D eigenvalue weighted by Crippen LogP contribution is -2.41. The zero-order chi connectivity index (χ0) is 26.2. The van der Waals surface area contributed by atoms with Crippen LogP contribution in [0.4, 0.5) is 10.1 Å². The molecule has 0 bridgehead atoms. The van der Waals surface area contributed by atoms with Crippen molar-refractivity contribution in [3.05, 3.63) is 52.8 Å². The average molecular weight is 533 g/mol. The van der Waals surface area contributed by atoms with Crippen molar-refractivity contribution in [3.8, 4) is 5.75 Å². The Morgan fingerprint density at radius 3 is 2.78 bits per heavy atom. The number of nitrogens with zero attached hydrogens (tertiary/aromatic N) is 1. The number of fused-ring (bicyclic) bond motifs is 3. The molecule has 10 heteroatoms. The molecule has 0 saturated carbocycles. The molecule has 2 atom stereocenters. The van der Waals surface area contributed by atoms with Crippen LogP contribution in [0.5, 0.6) is 5.75 Å². The number of hydrogen-bond acceptors (Lipinski definition) is 7. The summed E-state index contributed by atoms with van der Waals surface area (Å²) >= 11 is 0. The molecule has 3 heterocycles. The lowest BCUT2D eigenvalue weighted by molar-refractivity contribution is 0.0268. The molecule has 5 rings (SSSR count). The Balaban J connectivity index is 1.46. The number of rotatable bonds is 8. The summed E-state index contributed by atoms with van der Waals surface area (Å²) in [5.74, 6) is -0.893. The molecule has 0 aromatic heterocycles. The van der Waals surface area contributed by atoms with Crippen LogP contribution in [-0.2, 0) is 31.3 Å². The second-order valence-corrected chi connectivity index (χ2v) is 11.9. The fourth-order valence-electron chi connectivity index (χ4n) is 5.73. The van der Waals surface area contributed by atoms with Crippen LogP contribution in [0.1, 0.15) is 54.1 Å². The van der Waals surface area contributed by atoms with E-state index in [1.165, 1.54) is 32.1 Å². The van der Waals surface area contributed by atoms with Gasteiger partial charge in [-0.2, -0.15) is 0 Å². The van der Waals surface area contributed by atoms with E-state index < -0.39 is 21.8 Å². The third kappa shape index (κ3) is 4.94. The summed E-state index contributed by atoms with van der Waals surface area (Å²) in [6.45, 7) is 5.81. The molecule has 2 aromatic carbocycles. The monoisotopic (exact) mass is 532 g/mol. The van der Waals surface area contributed by atoms with Crippen LogP contribution in [-0.4, -0.2) is 65.3 Å². The molecule has 2 saturated heterocycles. The Hall–Kier alpha value is -2.69. The number of likely N-dealkylation sites (tertiary alicyclic amines) is 1. The maximum absolute atomic E-state index is 14.1. The van der Waals surface area contributed by atoms with Gasteiger partial charge >= 0.3 is 5.97 Å². The predicted molar refractivity (Wildman–Crippen MR) is 136 cm³/mol. The number of methoxy groups -OCH3 is 1. The number of halogens is 1. The molecule has 0 spiro atoms. The first-order valence-electron chi connectivity index (χ1n) is 12.8. The number of carbonyl (C=O) groups excluding carboxylic acids is 1. The van der Waals surface area contributed by atoms with Gasteiger partial charge in [-0.3, -0.25) is 4.72 Å². The maximum atomic E-state index is 14.1. The molecule has 2 aromatic rings. The van der Waals surface area contributed by atoms with Crippen molar-refractivity contribution < 1.29 is 31.8 Å². The van der Waals surface area contributed by atoms with Gasteiger partial charge in [0.15, 0.2) is 0 Å². The summed E-state index contributed by atoms with van der Waals surface area (Å²) in [6, 6.07) is 7.03. The van der Waals surface area contributed by atoms with E-state index in [9.17, 15) is 17.6 Å². The van der Waals surface area contributed by atoms with Crippen molar-refractivity contribution in [1.82, 2.24) is 4.90 Å². The van der Waals surface area contributed by atoms with Crippen LogP contribution in [0.2, 0.25) is 0 Å². The Kier molecular flexibility index (Phi) is 7.17. The quantitative estimate of drug-likeness (QED) is 0.516. The standard InChI is InChI=1S/C27H33FN2O6S/c1-27-11-15-35-23(27)17-36-25-20(27)8-9-21(24(25)26(31)34-2)29-37(32,33)22-10-7-19(28)16-18(22)6-5-14-30-12-3-4-13-30/h7-10,16,23,29H,3-6,11-15,17H2,1-2H3. The highest BCUT2D eigenvalue weighted by Crippen LogP contribution is 2.48. The predicted octanol–water partition coefficient (Wildman–Crippen LogP) is 3.88. The highest BCUT2D eigenvalue weighted by molar-refractivity contribution is 7.92. The zero-order valence-corrected chi connectivity index (χ0v) is 22.0. The molecule has 3 aliphatic heterocycles. The Morgan fingerprint density at radius 2 is 2.03 bits per heavy atom. The summed E-state index contributed by atoms with van der Waals surface area (Å²) < 4.78 is 60.6. The van der Waals surface area contributed by atoms with Gasteiger partial charge in [0.1, 0.15) is 29.8 Å². The maximum Gasteiger partial charge on any atom is 0.343 e. The van der Waals surface area contributed by atoms with E-state index in [1.807, 2.05) is 0 Å². The Bertz CT molecular complexity index is 1290. The summed E-state index contributed by atoms with van der Waals surface area (Å²) in [7, 11) is -2.91. The number of aryl methyl sites for hydroxylation is 1. The largest absolute Gasteiger partial charge is 0.490 e. The van der Waals surface area contributed by atoms with E-state index in [4.69, 9.17) is 14.2 Å². The van der Waals surface area contributed by atoms with Gasteiger partial charge in [0, 0.05) is 17.6 Å². The van der Waals surface area contributed by atoms with E-state index in [1.54, 1.807) is 12.1 Å². The van der Waals surface area contributed by atoms with E-state index >= 15 is 0 Å². The first kappa shape index (κ1) is 25.9. The van der Waals surface area contributed by atoms with Gasteiger partial charge < -0.3 is 19.1 Å². The van der Waals surface area contributed by atoms with Gasteiger partial charge in [0.2, 0.25) is 0 Å². The van der Waals surface area contributed by atoms with Crippen LogP contribution < -0.4 is 9.46 Å². The van der Waals surface area contributed by atoms with Crippen LogP contribution in [0, 0.1) is 5.82 Å². The molecule has 0 amide bonds. The van der Waals surface area contributed by atoms with Crippen molar-refractivity contribution in [3.63, 3.8) is 0 Å². The molecule has 2 fully saturated rings. The van der Waals surface area contributed by atoms with E-state index in [0.717, 1.165) is 37.7 Å². The highest BCUT2D eigenvalue weighted by Gasteiger charge is 2.48. The van der Waals surface area contributed by atoms with Crippen molar-refractivity contribution in [2.75, 3.05) is 44.7 Å². The summed E-state index contributed by atoms with van der Waals surface area (Å²) in [6.07, 6.45) is 4.09. The lowest BCUT2D eigenvalue weighted by Gasteiger charge is -2.37. The topological polar surface area (TPSA) is 94.2 Å². The zero-order valence-electron chi connectivity index (χ0n) is 21.2. The second kappa shape index (κ2) is 10.2. The van der Waals surface area contributed by atoms with Gasteiger partial charge in [-0.25, -0.2) is 17.6 Å². The molecule has 200 valence electrons. The SMILES string of the molecule is COC(=O)c1c(NS(=O)(=O)c2ccc(F)cc2CCCN2CCCC2)ccc2c1OCC1OCCC21C. The number of carbonyl (C=O) groups is 1. The van der Waals surface area contributed by atoms with Crippen LogP contribution in [0.15, 0.2) is 35.2 Å². The van der Waals surface area contributed by atoms with Gasteiger partial charge in [-0.1, -0.05) is 13.0 Å². The number of benzene rings is 2. The van der Waals surface area contributed by atoms with Gasteiger partial charge in [-0.05, 0) is 81.6 Å². The molecule has 3 aliphatic rings. The van der Waals surface area contributed by atoms with Crippen LogP contribution in [0.25, 0.3) is 0 Å². The van der Waals surface area contributed by atoms with Crippen LogP contribution >= 0.6 is 0 Å². The van der Waals surface area contributed by atoms with Crippen molar-refractivity contribution >= 4 is 21.7 Å². The average Bonchev–Trinajstić information content (AvgIpc) is 3.52. The number of sulfonamides is 1. The van der Waals surface area contributed by atoms with Gasteiger partial charge in [-0.15, -0.1) is 0 Å². The minimum atomic E-state index is -4.15. The minimum Gasteiger partial charge on any atom is -0.490 e. The Labute approximate surface area is 217 Å². The molecule has 37 heavy (non-hydrogen) atoms. The van der Waals surface area contributed by atoms with E-state index in [-0.39, 0.29) is 34.3 Å². The van der Waals surface area contributed by atoms with Crippen molar-refractivity contribution in [2.24, 2.45) is 0 Å². The fraction of sp³-hybridized carbons (Fsp3) is 0.519. The highest BCUT2D eigenvalue weighted by atomic mass is 32.2. The molecule has 8 nitrogen and oxygen atoms in total. The summed E-state index contributed by atoms with van der Waals surface area (Å²) in [4.78, 5) is 15.2. The van der Waals surface area contributed by atoms with Crippen molar-refractivity contribution in [2.45, 2.75) is 55.4 Å². The first-order valence-corrected chi connectivity index (χ1v) is 14.2. The molecule has 1 N–H and O–H groups in total. The van der Waals surface area contributed by atoms with Gasteiger partial charge in [0.05, 0.1) is 17.7 Å². The summed E-state index contributed by atoms with van der Waals surface area (Å²) in [5.41, 5.74) is 0.910. The first-order chi connectivity index (χ1) is 17.7. The third-order valence-corrected chi connectivity index (χ3v) is 9.33. The lowest BCUT2D eigenvalue weighted by atomic mass is 9.74. The third-order valence-electron chi connectivity index (χ3n) is 7.87. The smallest absolute Gasteiger partial charge is 0.343 e. The number of nitrogens with one attached hydrogen (secondary N) is 1. The molecule has 0 radical (unpaired) electrons. The summed E-state index contributed by atoms with van der Waals surface area (Å²) in [5, 5.41) is 0. The minimum absolute atomic E-state index is 0.0130. The molecule has 2 unspecified atom stereocenters. The number of hydrogen-bond donors (Lipinski definition) is 1. The number of esters is 1. The molecular formula is C27H33FN2O6S. The molecular weight excluding hydrogens is 499 g/mol.